The number of nitrogens with zero attached hydrogens (tertiary/aromatic N) is 3. The van der Waals surface area contributed by atoms with Gasteiger partial charge in [-0.3, -0.25) is 14.6 Å². The summed E-state index contributed by atoms with van der Waals surface area (Å²) in [5.74, 6) is 0.183. The minimum absolute atomic E-state index is 0.131. The zero-order valence-corrected chi connectivity index (χ0v) is 15.7. The largest absolute Gasteiger partial charge is 0.294 e. The number of halogens is 1. The SMILES string of the molecule is CC(=O)N(c1ccc(F)cc1)c1nc(CN2CCC[C@H]2C(C)C)cs1. The summed E-state index contributed by atoms with van der Waals surface area (Å²) in [6.45, 7) is 7.95. The first-order valence-corrected chi connectivity index (χ1v) is 9.58. The average Bonchev–Trinajstić information content (AvgIpc) is 3.19. The molecule has 1 amide bonds. The molecule has 2 aromatic rings. The highest BCUT2D eigenvalue weighted by Crippen LogP contribution is 2.31. The number of likely N-dealkylation sites (tertiary alicyclic amines) is 1. The van der Waals surface area contributed by atoms with Gasteiger partial charge in [0.05, 0.1) is 11.4 Å². The second-order valence-corrected chi connectivity index (χ2v) is 7.71. The van der Waals surface area contributed by atoms with Gasteiger partial charge in [0.2, 0.25) is 5.91 Å². The number of amides is 1. The molecule has 0 N–H and O–H groups in total. The van der Waals surface area contributed by atoms with Gasteiger partial charge in [0.15, 0.2) is 5.13 Å². The lowest BCUT2D eigenvalue weighted by molar-refractivity contribution is -0.115. The summed E-state index contributed by atoms with van der Waals surface area (Å²) >= 11 is 1.45. The molecule has 0 bridgehead atoms. The van der Waals surface area contributed by atoms with Crippen LogP contribution in [0.1, 0.15) is 39.3 Å². The number of carbonyl (C=O) groups is 1. The van der Waals surface area contributed by atoms with Gasteiger partial charge in [-0.1, -0.05) is 13.8 Å². The monoisotopic (exact) mass is 361 g/mol. The van der Waals surface area contributed by atoms with Crippen LogP contribution in [0.15, 0.2) is 29.6 Å². The van der Waals surface area contributed by atoms with Crippen molar-refractivity contribution in [2.75, 3.05) is 11.4 Å². The molecule has 0 aliphatic carbocycles. The van der Waals surface area contributed by atoms with Crippen LogP contribution in [0.2, 0.25) is 0 Å². The van der Waals surface area contributed by atoms with Gasteiger partial charge >= 0.3 is 0 Å². The molecule has 1 aliphatic rings. The summed E-state index contributed by atoms with van der Waals surface area (Å²) in [6, 6.07) is 6.53. The van der Waals surface area contributed by atoms with Crippen molar-refractivity contribution in [3.8, 4) is 0 Å². The van der Waals surface area contributed by atoms with Crippen LogP contribution in [0.5, 0.6) is 0 Å². The molecule has 2 heterocycles. The van der Waals surface area contributed by atoms with Crippen LogP contribution >= 0.6 is 11.3 Å². The molecule has 4 nitrogen and oxygen atoms in total. The molecule has 1 atom stereocenters. The molecular formula is C19H24FN3OS. The van der Waals surface area contributed by atoms with Crippen LogP contribution in [-0.2, 0) is 11.3 Å². The Kier molecular flexibility index (Phi) is 5.49. The van der Waals surface area contributed by atoms with Crippen molar-refractivity contribution in [3.63, 3.8) is 0 Å². The van der Waals surface area contributed by atoms with Gasteiger partial charge in [0.1, 0.15) is 5.82 Å². The molecule has 0 radical (unpaired) electrons. The predicted molar refractivity (Wildman–Crippen MR) is 99.6 cm³/mol. The lowest BCUT2D eigenvalue weighted by Gasteiger charge is -2.26. The maximum absolute atomic E-state index is 13.2. The van der Waals surface area contributed by atoms with Crippen LogP contribution in [-0.4, -0.2) is 28.4 Å². The lowest BCUT2D eigenvalue weighted by atomic mass is 10.0. The number of hydrogen-bond acceptors (Lipinski definition) is 4. The summed E-state index contributed by atoms with van der Waals surface area (Å²) in [7, 11) is 0. The highest BCUT2D eigenvalue weighted by atomic mass is 32.1. The van der Waals surface area contributed by atoms with E-state index in [-0.39, 0.29) is 11.7 Å². The van der Waals surface area contributed by atoms with Crippen molar-refractivity contribution in [2.24, 2.45) is 5.92 Å². The number of benzene rings is 1. The van der Waals surface area contributed by atoms with Gasteiger partial charge in [0.25, 0.3) is 0 Å². The van der Waals surface area contributed by atoms with Crippen molar-refractivity contribution in [3.05, 3.63) is 41.2 Å². The number of hydrogen-bond donors (Lipinski definition) is 0. The number of thiazole rings is 1. The number of anilines is 2. The highest BCUT2D eigenvalue weighted by molar-refractivity contribution is 7.14. The third kappa shape index (κ3) is 4.07. The van der Waals surface area contributed by atoms with E-state index in [1.165, 1.54) is 48.1 Å². The predicted octanol–water partition coefficient (Wildman–Crippen LogP) is 4.59. The smallest absolute Gasteiger partial charge is 0.230 e. The minimum Gasteiger partial charge on any atom is -0.294 e. The molecule has 3 rings (SSSR count). The van der Waals surface area contributed by atoms with Crippen molar-refractivity contribution in [1.82, 2.24) is 9.88 Å². The van der Waals surface area contributed by atoms with Crippen LogP contribution in [0.25, 0.3) is 0 Å². The molecule has 0 saturated carbocycles. The molecule has 1 saturated heterocycles. The van der Waals surface area contributed by atoms with E-state index in [0.717, 1.165) is 18.8 Å². The number of aromatic nitrogens is 1. The van der Waals surface area contributed by atoms with Gasteiger partial charge in [0, 0.05) is 24.9 Å². The van der Waals surface area contributed by atoms with Gasteiger partial charge in [-0.2, -0.15) is 0 Å². The first-order chi connectivity index (χ1) is 12.0. The Morgan fingerprint density at radius 1 is 1.40 bits per heavy atom. The Hall–Kier alpha value is -1.79. The number of carbonyl (C=O) groups excluding carboxylic acids is 1. The topological polar surface area (TPSA) is 36.4 Å². The van der Waals surface area contributed by atoms with Crippen LogP contribution in [0, 0.1) is 11.7 Å². The molecule has 134 valence electrons. The third-order valence-corrected chi connectivity index (χ3v) is 5.55. The fourth-order valence-corrected chi connectivity index (χ4v) is 4.38. The Bertz CT molecular complexity index is 729. The van der Waals surface area contributed by atoms with Gasteiger partial charge < -0.3 is 0 Å². The maximum Gasteiger partial charge on any atom is 0.230 e. The van der Waals surface area contributed by atoms with Crippen LogP contribution in [0.4, 0.5) is 15.2 Å². The molecule has 0 unspecified atom stereocenters. The van der Waals surface area contributed by atoms with Crippen LogP contribution < -0.4 is 4.90 Å². The summed E-state index contributed by atoms with van der Waals surface area (Å²) in [5, 5.41) is 2.65. The molecular weight excluding hydrogens is 337 g/mol. The fraction of sp³-hybridized carbons (Fsp3) is 0.474. The van der Waals surface area contributed by atoms with E-state index in [1.807, 2.05) is 5.38 Å². The first kappa shape index (κ1) is 18.0. The third-order valence-electron chi connectivity index (χ3n) is 4.68. The molecule has 1 aliphatic heterocycles. The van der Waals surface area contributed by atoms with E-state index in [4.69, 9.17) is 0 Å². The zero-order valence-electron chi connectivity index (χ0n) is 14.9. The summed E-state index contributed by atoms with van der Waals surface area (Å²) < 4.78 is 13.2. The molecule has 25 heavy (non-hydrogen) atoms. The molecule has 1 aromatic carbocycles. The van der Waals surface area contributed by atoms with Gasteiger partial charge in [-0.25, -0.2) is 9.37 Å². The molecule has 1 fully saturated rings. The Balaban J connectivity index is 1.79. The van der Waals surface area contributed by atoms with E-state index in [0.29, 0.717) is 22.8 Å². The van der Waals surface area contributed by atoms with E-state index in [9.17, 15) is 9.18 Å². The fourth-order valence-electron chi connectivity index (χ4n) is 3.50. The van der Waals surface area contributed by atoms with Crippen molar-refractivity contribution < 1.29 is 9.18 Å². The normalized spacial score (nSPS) is 18.0. The molecule has 1 aromatic heterocycles. The van der Waals surface area contributed by atoms with E-state index < -0.39 is 0 Å². The lowest BCUT2D eigenvalue weighted by Crippen LogP contribution is -2.33. The van der Waals surface area contributed by atoms with Crippen LogP contribution in [0.3, 0.4) is 0 Å². The average molecular weight is 361 g/mol. The minimum atomic E-state index is -0.319. The summed E-state index contributed by atoms with van der Waals surface area (Å²) in [5.41, 5.74) is 1.62. The van der Waals surface area contributed by atoms with E-state index >= 15 is 0 Å². The Morgan fingerprint density at radius 3 is 2.76 bits per heavy atom. The zero-order chi connectivity index (χ0) is 18.0. The van der Waals surface area contributed by atoms with Gasteiger partial charge in [-0.05, 0) is 49.6 Å². The maximum atomic E-state index is 13.2. The highest BCUT2D eigenvalue weighted by Gasteiger charge is 2.28. The van der Waals surface area contributed by atoms with Crippen molar-refractivity contribution >= 4 is 28.1 Å². The second kappa shape index (κ2) is 7.62. The van der Waals surface area contributed by atoms with E-state index in [1.54, 1.807) is 12.1 Å². The second-order valence-electron chi connectivity index (χ2n) is 6.88. The molecule has 6 heteroatoms. The van der Waals surface area contributed by atoms with Crippen molar-refractivity contribution in [1.29, 1.82) is 0 Å². The Labute approximate surface area is 152 Å². The number of rotatable bonds is 5. The first-order valence-electron chi connectivity index (χ1n) is 8.70. The van der Waals surface area contributed by atoms with Crippen molar-refractivity contribution in [2.45, 2.75) is 46.2 Å². The molecule has 0 spiro atoms. The van der Waals surface area contributed by atoms with Gasteiger partial charge in [-0.15, -0.1) is 11.3 Å². The Morgan fingerprint density at radius 2 is 2.12 bits per heavy atom. The quantitative estimate of drug-likeness (QED) is 0.782. The summed E-state index contributed by atoms with van der Waals surface area (Å²) in [4.78, 5) is 20.8. The summed E-state index contributed by atoms with van der Waals surface area (Å²) in [6.07, 6.45) is 2.47. The standard InChI is InChI=1S/C19H24FN3OS/c1-13(2)18-5-4-10-22(18)11-16-12-25-19(21-16)23(14(3)24)17-8-6-15(20)7-9-17/h6-9,12-13,18H,4-5,10-11H2,1-3H3/t18-/m0/s1. The van der Waals surface area contributed by atoms with E-state index in [2.05, 4.69) is 23.7 Å².